The average Bonchev–Trinajstić information content (AvgIpc) is 3.37. The molecule has 4 aromatic carbocycles. The molecule has 0 bridgehead atoms. The van der Waals surface area contributed by atoms with Gasteiger partial charge in [-0.25, -0.2) is 0 Å². The normalized spacial score (nSPS) is 10.5. The number of pyridine rings is 2. The van der Waals surface area contributed by atoms with E-state index >= 15 is 0 Å². The summed E-state index contributed by atoms with van der Waals surface area (Å²) in [7, 11) is 0. The van der Waals surface area contributed by atoms with Crippen LogP contribution in [0.3, 0.4) is 0 Å². The van der Waals surface area contributed by atoms with E-state index in [2.05, 4.69) is 94.3 Å². The molecule has 3 aromatic heterocycles. The quantitative estimate of drug-likeness (QED) is 0.173. The summed E-state index contributed by atoms with van der Waals surface area (Å²) in [5, 5.41) is 2.54. The Morgan fingerprint density at radius 2 is 1.30 bits per heavy atom. The molecule has 0 spiro atoms. The van der Waals surface area contributed by atoms with E-state index in [0.717, 1.165) is 40.3 Å². The van der Waals surface area contributed by atoms with Crippen molar-refractivity contribution in [1.29, 1.82) is 0 Å². The summed E-state index contributed by atoms with van der Waals surface area (Å²) >= 11 is 0. The molecule has 0 N–H and O–H groups in total. The monoisotopic (exact) mass is 694 g/mol. The second-order valence-corrected chi connectivity index (χ2v) is 9.19. The summed E-state index contributed by atoms with van der Waals surface area (Å²) in [6, 6.07) is 49.8. The van der Waals surface area contributed by atoms with E-state index in [1.165, 1.54) is 21.8 Å². The Morgan fingerprint density at radius 3 is 1.98 bits per heavy atom. The van der Waals surface area contributed by atoms with Crippen LogP contribution < -0.4 is 0 Å². The first-order valence-corrected chi connectivity index (χ1v) is 13.2. The van der Waals surface area contributed by atoms with E-state index in [9.17, 15) is 0 Å². The number of para-hydroxylation sites is 2. The average molecular weight is 694 g/mol. The molecule has 0 fully saturated rings. The summed E-state index contributed by atoms with van der Waals surface area (Å²) < 4.78 is 2.31. The molecule has 197 valence electrons. The van der Waals surface area contributed by atoms with Crippen molar-refractivity contribution in [2.75, 3.05) is 0 Å². The van der Waals surface area contributed by atoms with E-state index < -0.39 is 0 Å². The summed E-state index contributed by atoms with van der Waals surface area (Å²) in [5.74, 6) is 0. The first-order valence-electron chi connectivity index (χ1n) is 13.2. The maximum absolute atomic E-state index is 4.53. The van der Waals surface area contributed by atoms with Gasteiger partial charge in [-0.3, -0.25) is 0 Å². The Labute approximate surface area is 248 Å². The van der Waals surface area contributed by atoms with Gasteiger partial charge in [-0.15, -0.1) is 65.7 Å². The molecular formula is C36H27IrN3-2. The maximum Gasteiger partial charge on any atom is 0.0523 e. The van der Waals surface area contributed by atoms with E-state index in [1.807, 2.05) is 72.9 Å². The van der Waals surface area contributed by atoms with Crippen molar-refractivity contribution in [2.24, 2.45) is 0 Å². The van der Waals surface area contributed by atoms with Crippen LogP contribution in [0.2, 0.25) is 0 Å². The molecule has 0 aliphatic carbocycles. The van der Waals surface area contributed by atoms with Crippen molar-refractivity contribution < 1.29 is 20.1 Å². The minimum absolute atomic E-state index is 0. The fourth-order valence-corrected chi connectivity index (χ4v) is 4.84. The fourth-order valence-electron chi connectivity index (χ4n) is 4.84. The molecule has 7 aromatic rings. The van der Waals surface area contributed by atoms with E-state index in [1.54, 1.807) is 0 Å². The minimum Gasteiger partial charge on any atom is -0.327 e. The van der Waals surface area contributed by atoms with Gasteiger partial charge in [0, 0.05) is 42.8 Å². The molecule has 3 heterocycles. The standard InChI is InChI=1S/C23H15N2.C13H12N.Ir/c1-3-13-22-19(10-1)20-11-2-4-14-23(20)25(22)18-9-7-8-17(16-18)21-12-5-6-15-24-21;1-2-12-9-6-10-13(14-12)11-7-4-3-5-8-11;/h1-7,9-16H;3-7,9-10H,2H2,1H3;/q2*-1;. The predicted molar refractivity (Wildman–Crippen MR) is 161 cm³/mol. The largest absolute Gasteiger partial charge is 0.327 e. The number of rotatable bonds is 4. The molecule has 7 rings (SSSR count). The molecule has 1 radical (unpaired) electrons. The third-order valence-corrected chi connectivity index (χ3v) is 6.72. The van der Waals surface area contributed by atoms with Crippen molar-refractivity contribution in [3.8, 4) is 28.2 Å². The minimum atomic E-state index is 0. The van der Waals surface area contributed by atoms with Gasteiger partial charge in [0.1, 0.15) is 0 Å². The van der Waals surface area contributed by atoms with Gasteiger partial charge in [0.15, 0.2) is 0 Å². The summed E-state index contributed by atoms with van der Waals surface area (Å²) in [6.45, 7) is 2.11. The first kappa shape index (κ1) is 27.2. The number of aromatic nitrogens is 3. The maximum atomic E-state index is 4.53. The van der Waals surface area contributed by atoms with Crippen LogP contribution in [0, 0.1) is 12.1 Å². The zero-order valence-corrected chi connectivity index (χ0v) is 24.5. The molecular weight excluding hydrogens is 667 g/mol. The van der Waals surface area contributed by atoms with Gasteiger partial charge < -0.3 is 14.5 Å². The molecule has 0 aliphatic heterocycles. The van der Waals surface area contributed by atoms with Crippen molar-refractivity contribution in [1.82, 2.24) is 14.5 Å². The van der Waals surface area contributed by atoms with Crippen LogP contribution in [0.4, 0.5) is 0 Å². The molecule has 3 nitrogen and oxygen atoms in total. The second kappa shape index (κ2) is 12.7. The van der Waals surface area contributed by atoms with E-state index in [0.29, 0.717) is 0 Å². The molecule has 0 amide bonds. The smallest absolute Gasteiger partial charge is 0.0523 e. The van der Waals surface area contributed by atoms with Crippen LogP contribution >= 0.6 is 0 Å². The number of nitrogens with zero attached hydrogens (tertiary/aromatic N) is 3. The van der Waals surface area contributed by atoms with Crippen LogP contribution in [0.15, 0.2) is 134 Å². The summed E-state index contributed by atoms with van der Waals surface area (Å²) in [4.78, 5) is 8.99. The van der Waals surface area contributed by atoms with Crippen LogP contribution in [0.1, 0.15) is 12.6 Å². The molecule has 0 atom stereocenters. The van der Waals surface area contributed by atoms with Crippen molar-refractivity contribution >= 4 is 21.8 Å². The fraction of sp³-hybridized carbons (Fsp3) is 0.0556. The van der Waals surface area contributed by atoms with Gasteiger partial charge in [0.05, 0.1) is 11.0 Å². The van der Waals surface area contributed by atoms with Crippen LogP contribution in [0.25, 0.3) is 50.0 Å². The topological polar surface area (TPSA) is 30.7 Å². The van der Waals surface area contributed by atoms with Gasteiger partial charge in [0.25, 0.3) is 0 Å². The number of benzene rings is 4. The van der Waals surface area contributed by atoms with Gasteiger partial charge in [0.2, 0.25) is 0 Å². The third kappa shape index (κ3) is 5.65. The molecule has 0 saturated carbocycles. The summed E-state index contributed by atoms with van der Waals surface area (Å²) in [6.07, 6.45) is 2.79. The van der Waals surface area contributed by atoms with Gasteiger partial charge in [-0.1, -0.05) is 67.6 Å². The van der Waals surface area contributed by atoms with E-state index in [4.69, 9.17) is 0 Å². The van der Waals surface area contributed by atoms with E-state index in [-0.39, 0.29) is 20.1 Å². The second-order valence-electron chi connectivity index (χ2n) is 9.19. The number of hydrogen-bond donors (Lipinski definition) is 0. The molecule has 4 heteroatoms. The van der Waals surface area contributed by atoms with Crippen molar-refractivity contribution in [2.45, 2.75) is 13.3 Å². The van der Waals surface area contributed by atoms with Crippen molar-refractivity contribution in [3.63, 3.8) is 0 Å². The SMILES string of the molecule is CCc1cccc(-c2[c-]cccc2)n1.[Ir].[c-]1ccc(-n2c3ccccc3c3ccccc32)cc1-c1ccccn1. The molecule has 0 unspecified atom stereocenters. The number of fused-ring (bicyclic) bond motifs is 3. The zero-order valence-electron chi connectivity index (χ0n) is 22.1. The first-order chi connectivity index (χ1) is 19.3. The predicted octanol–water partition coefficient (Wildman–Crippen LogP) is 8.75. The Kier molecular flexibility index (Phi) is 8.61. The van der Waals surface area contributed by atoms with Crippen LogP contribution in [-0.4, -0.2) is 14.5 Å². The van der Waals surface area contributed by atoms with Crippen LogP contribution in [0.5, 0.6) is 0 Å². The summed E-state index contributed by atoms with van der Waals surface area (Å²) in [5.41, 5.74) is 8.66. The van der Waals surface area contributed by atoms with Crippen molar-refractivity contribution in [3.05, 3.63) is 151 Å². The van der Waals surface area contributed by atoms with Crippen LogP contribution in [-0.2, 0) is 26.5 Å². The van der Waals surface area contributed by atoms with Gasteiger partial charge in [-0.05, 0) is 47.8 Å². The Bertz CT molecular complexity index is 1790. The molecule has 40 heavy (non-hydrogen) atoms. The Hall–Kier alpha value is -4.37. The van der Waals surface area contributed by atoms with Gasteiger partial charge in [-0.2, -0.15) is 0 Å². The molecule has 0 saturated heterocycles. The third-order valence-electron chi connectivity index (χ3n) is 6.72. The Balaban J connectivity index is 0.000000184. The number of aryl methyl sites for hydroxylation is 1. The molecule has 0 aliphatic rings. The van der Waals surface area contributed by atoms with Gasteiger partial charge >= 0.3 is 0 Å². The Morgan fingerprint density at radius 1 is 0.625 bits per heavy atom. The number of hydrogen-bond acceptors (Lipinski definition) is 2. The zero-order chi connectivity index (χ0) is 26.4.